The Kier molecular flexibility index (Phi) is 7.14. The summed E-state index contributed by atoms with van der Waals surface area (Å²) in [4.78, 5) is 40.1. The Bertz CT molecular complexity index is 1360. The Hall–Kier alpha value is -3.99. The minimum absolute atomic E-state index is 0.0486. The van der Waals surface area contributed by atoms with E-state index in [9.17, 15) is 14.9 Å². The molecule has 3 fully saturated rings. The molecule has 0 spiro atoms. The van der Waals surface area contributed by atoms with Crippen molar-refractivity contribution < 1.29 is 14.5 Å². The molecule has 3 aromatic rings. The van der Waals surface area contributed by atoms with Gasteiger partial charge in [0.1, 0.15) is 11.5 Å². The molecule has 1 N–H and O–H groups in total. The number of amides is 1. The molecule has 0 atom stereocenters. The van der Waals surface area contributed by atoms with Crippen molar-refractivity contribution in [3.05, 3.63) is 58.1 Å². The van der Waals surface area contributed by atoms with Crippen molar-refractivity contribution in [2.45, 2.75) is 31.7 Å². The Balaban J connectivity index is 1.19. The summed E-state index contributed by atoms with van der Waals surface area (Å²) in [7, 11) is 0. The molecule has 0 bridgehead atoms. The van der Waals surface area contributed by atoms with Gasteiger partial charge in [-0.1, -0.05) is 25.0 Å². The summed E-state index contributed by atoms with van der Waals surface area (Å²) in [6.45, 7) is 4.37. The van der Waals surface area contributed by atoms with Crippen LogP contribution in [0.25, 0.3) is 10.9 Å². The van der Waals surface area contributed by atoms with Crippen LogP contribution in [0.1, 0.15) is 36.0 Å². The van der Waals surface area contributed by atoms with E-state index in [0.29, 0.717) is 75.7 Å². The van der Waals surface area contributed by atoms with Gasteiger partial charge < -0.3 is 24.8 Å². The van der Waals surface area contributed by atoms with E-state index < -0.39 is 4.92 Å². The topological polar surface area (TPSA) is 117 Å². The number of ether oxygens (including phenoxy) is 1. The minimum Gasteiger partial charge on any atom is -0.378 e. The second-order valence-corrected chi connectivity index (χ2v) is 10.4. The van der Waals surface area contributed by atoms with Crippen LogP contribution in [0.15, 0.2) is 42.5 Å². The van der Waals surface area contributed by atoms with E-state index in [1.54, 1.807) is 17.0 Å². The van der Waals surface area contributed by atoms with Crippen molar-refractivity contribution in [2.24, 2.45) is 0 Å². The van der Waals surface area contributed by atoms with Gasteiger partial charge in [-0.2, -0.15) is 4.98 Å². The number of nitrogens with one attached hydrogen (secondary N) is 1. The van der Waals surface area contributed by atoms with Gasteiger partial charge in [0.25, 0.3) is 11.6 Å². The molecular formula is C28H33N7O4. The minimum atomic E-state index is -0.398. The van der Waals surface area contributed by atoms with Gasteiger partial charge >= 0.3 is 0 Å². The molecule has 0 unspecified atom stereocenters. The van der Waals surface area contributed by atoms with Crippen molar-refractivity contribution in [3.8, 4) is 0 Å². The molecule has 1 aromatic heterocycles. The molecule has 3 heterocycles. The van der Waals surface area contributed by atoms with Crippen LogP contribution in [-0.2, 0) is 4.74 Å². The molecular weight excluding hydrogens is 498 g/mol. The Labute approximate surface area is 226 Å². The summed E-state index contributed by atoms with van der Waals surface area (Å²) in [5, 5.41) is 16.7. The maximum atomic E-state index is 12.9. The SMILES string of the molecule is O=C(c1ccc(N2CCN(c3nc(NC4CCCC4)c4ccccc4n3)CC2)c([N+](=O)[O-])c1)N1CCOCC1. The zero-order valence-electron chi connectivity index (χ0n) is 21.9. The number of nitrogens with zero attached hydrogens (tertiary/aromatic N) is 6. The molecule has 3 aliphatic rings. The van der Waals surface area contributed by atoms with Gasteiger partial charge in [-0.25, -0.2) is 4.98 Å². The number of piperazine rings is 1. The van der Waals surface area contributed by atoms with E-state index in [1.807, 2.05) is 23.1 Å². The van der Waals surface area contributed by atoms with Crippen LogP contribution < -0.4 is 15.1 Å². The first-order valence-electron chi connectivity index (χ1n) is 13.8. The van der Waals surface area contributed by atoms with E-state index in [0.717, 1.165) is 29.6 Å². The number of morpholine rings is 1. The van der Waals surface area contributed by atoms with Crippen molar-refractivity contribution in [3.63, 3.8) is 0 Å². The molecule has 0 radical (unpaired) electrons. The Morgan fingerprint density at radius 1 is 0.949 bits per heavy atom. The smallest absolute Gasteiger partial charge is 0.293 e. The predicted octanol–water partition coefficient (Wildman–Crippen LogP) is 3.69. The summed E-state index contributed by atoms with van der Waals surface area (Å²) >= 11 is 0. The Morgan fingerprint density at radius 2 is 1.67 bits per heavy atom. The number of hydrogen-bond donors (Lipinski definition) is 1. The number of carbonyl (C=O) groups excluding carboxylic acids is 1. The number of nitro benzene ring substituents is 1. The molecule has 1 aliphatic carbocycles. The second-order valence-electron chi connectivity index (χ2n) is 10.4. The van der Waals surface area contributed by atoms with Gasteiger partial charge in [-0.15, -0.1) is 0 Å². The molecule has 1 amide bonds. The van der Waals surface area contributed by atoms with Gasteiger partial charge in [0.15, 0.2) is 0 Å². The van der Waals surface area contributed by atoms with Gasteiger partial charge in [-0.05, 0) is 37.1 Å². The van der Waals surface area contributed by atoms with E-state index >= 15 is 0 Å². The molecule has 204 valence electrons. The van der Waals surface area contributed by atoms with Crippen molar-refractivity contribution in [2.75, 3.05) is 67.6 Å². The fourth-order valence-electron chi connectivity index (χ4n) is 5.75. The lowest BCUT2D eigenvalue weighted by Gasteiger charge is -2.36. The van der Waals surface area contributed by atoms with Crippen LogP contribution in [0.3, 0.4) is 0 Å². The number of hydrogen-bond acceptors (Lipinski definition) is 9. The maximum absolute atomic E-state index is 12.9. The van der Waals surface area contributed by atoms with Crippen LogP contribution in [0.2, 0.25) is 0 Å². The van der Waals surface area contributed by atoms with E-state index in [-0.39, 0.29) is 11.6 Å². The zero-order chi connectivity index (χ0) is 26.8. The van der Waals surface area contributed by atoms with E-state index in [2.05, 4.69) is 16.3 Å². The number of rotatable bonds is 6. The normalized spacial score (nSPS) is 18.5. The summed E-state index contributed by atoms with van der Waals surface area (Å²) in [5.41, 5.74) is 1.72. The van der Waals surface area contributed by atoms with Crippen LogP contribution in [0.5, 0.6) is 0 Å². The quantitative estimate of drug-likeness (QED) is 0.375. The second kappa shape index (κ2) is 11.0. The first-order chi connectivity index (χ1) is 19.1. The number of carbonyl (C=O) groups is 1. The van der Waals surface area contributed by atoms with Crippen molar-refractivity contribution >= 4 is 40.0 Å². The summed E-state index contributed by atoms with van der Waals surface area (Å²) in [5.74, 6) is 1.35. The lowest BCUT2D eigenvalue weighted by atomic mass is 10.1. The third-order valence-electron chi connectivity index (χ3n) is 7.91. The van der Waals surface area contributed by atoms with Gasteiger partial charge in [0.05, 0.1) is 23.7 Å². The lowest BCUT2D eigenvalue weighted by molar-refractivity contribution is -0.384. The van der Waals surface area contributed by atoms with E-state index in [4.69, 9.17) is 14.7 Å². The molecule has 2 saturated heterocycles. The van der Waals surface area contributed by atoms with Crippen molar-refractivity contribution in [1.82, 2.24) is 14.9 Å². The van der Waals surface area contributed by atoms with E-state index in [1.165, 1.54) is 18.9 Å². The highest BCUT2D eigenvalue weighted by Gasteiger charge is 2.28. The highest BCUT2D eigenvalue weighted by Crippen LogP contribution is 2.32. The third-order valence-corrected chi connectivity index (χ3v) is 7.91. The monoisotopic (exact) mass is 531 g/mol. The van der Waals surface area contributed by atoms with Crippen LogP contribution in [-0.4, -0.2) is 84.2 Å². The molecule has 39 heavy (non-hydrogen) atoms. The fourth-order valence-corrected chi connectivity index (χ4v) is 5.75. The number of nitro groups is 1. The van der Waals surface area contributed by atoms with Gasteiger partial charge in [-0.3, -0.25) is 14.9 Å². The third kappa shape index (κ3) is 5.31. The largest absolute Gasteiger partial charge is 0.378 e. The molecule has 2 aromatic carbocycles. The van der Waals surface area contributed by atoms with Crippen LogP contribution >= 0.6 is 0 Å². The maximum Gasteiger partial charge on any atom is 0.293 e. The van der Waals surface area contributed by atoms with Crippen LogP contribution in [0, 0.1) is 10.1 Å². The predicted molar refractivity (Wildman–Crippen MR) is 150 cm³/mol. The van der Waals surface area contributed by atoms with Crippen molar-refractivity contribution in [1.29, 1.82) is 0 Å². The standard InChI is InChI=1S/C28H33N7O4/c36-27(33-15-17-39-18-16-33)20-9-10-24(25(19-20)35(37)38)32-11-13-34(14-12-32)28-30-23-8-4-3-7-22(23)26(31-28)29-21-5-1-2-6-21/h3-4,7-10,19,21H,1-2,5-6,11-18H2,(H,29,30,31). The highest BCUT2D eigenvalue weighted by atomic mass is 16.6. The molecule has 6 rings (SSSR count). The number of aromatic nitrogens is 2. The molecule has 1 saturated carbocycles. The number of fused-ring (bicyclic) bond motifs is 1. The molecule has 2 aliphatic heterocycles. The first-order valence-corrected chi connectivity index (χ1v) is 13.8. The van der Waals surface area contributed by atoms with Gasteiger partial charge in [0, 0.05) is 62.3 Å². The first kappa shape index (κ1) is 25.3. The molecule has 11 nitrogen and oxygen atoms in total. The summed E-state index contributed by atoms with van der Waals surface area (Å²) < 4.78 is 5.32. The number of benzene rings is 2. The fraction of sp³-hybridized carbons (Fsp3) is 0.464. The lowest BCUT2D eigenvalue weighted by Crippen LogP contribution is -2.47. The average molecular weight is 532 g/mol. The van der Waals surface area contributed by atoms with Gasteiger partial charge in [0.2, 0.25) is 5.95 Å². The highest BCUT2D eigenvalue weighted by molar-refractivity contribution is 5.96. The average Bonchev–Trinajstić information content (AvgIpc) is 3.50. The zero-order valence-corrected chi connectivity index (χ0v) is 21.9. The summed E-state index contributed by atoms with van der Waals surface area (Å²) in [6.07, 6.45) is 4.79. The molecule has 11 heteroatoms. The van der Waals surface area contributed by atoms with Crippen LogP contribution in [0.4, 0.5) is 23.1 Å². The Morgan fingerprint density at radius 3 is 2.41 bits per heavy atom. The number of anilines is 3. The summed E-state index contributed by atoms with van der Waals surface area (Å²) in [6, 6.07) is 13.3. The number of para-hydroxylation sites is 1.